The Morgan fingerprint density at radius 3 is 2.81 bits per heavy atom. The monoisotopic (exact) mass is 394 g/mol. The highest BCUT2D eigenvalue weighted by molar-refractivity contribution is 5.85. The standard InChI is InChI=1S/C19H26N4O3.ClH/c1-25-15-10-8-13(9-11-15)19-22-18(26-23-19)7-3-6-17(24)21-16-5-2-4-14(16)12-20;/h8-11,14,16H,2-7,12,20H2,1H3,(H,21,24);1H. The summed E-state index contributed by atoms with van der Waals surface area (Å²) in [6.07, 6.45) is 4.99. The van der Waals surface area contributed by atoms with E-state index in [4.69, 9.17) is 15.0 Å². The number of carbonyl (C=O) groups excluding carboxylic acids is 1. The smallest absolute Gasteiger partial charge is 0.226 e. The molecule has 1 aliphatic rings. The molecule has 1 aliphatic carbocycles. The molecule has 2 atom stereocenters. The van der Waals surface area contributed by atoms with Crippen molar-refractivity contribution in [2.75, 3.05) is 13.7 Å². The number of rotatable bonds is 8. The number of amides is 1. The van der Waals surface area contributed by atoms with Gasteiger partial charge in [-0.1, -0.05) is 11.6 Å². The largest absolute Gasteiger partial charge is 0.497 e. The van der Waals surface area contributed by atoms with Crippen molar-refractivity contribution in [3.63, 3.8) is 0 Å². The lowest BCUT2D eigenvalue weighted by Crippen LogP contribution is -2.39. The normalized spacial score (nSPS) is 18.7. The number of benzene rings is 1. The lowest BCUT2D eigenvalue weighted by atomic mass is 10.0. The van der Waals surface area contributed by atoms with E-state index in [0.717, 1.165) is 30.6 Å². The summed E-state index contributed by atoms with van der Waals surface area (Å²) in [5, 5.41) is 7.11. The Morgan fingerprint density at radius 1 is 1.33 bits per heavy atom. The Kier molecular flexibility index (Phi) is 8.06. The SMILES string of the molecule is COc1ccc(-c2noc(CCCC(=O)NC3CCCC3CN)n2)cc1.Cl. The molecular weight excluding hydrogens is 368 g/mol. The van der Waals surface area contributed by atoms with E-state index in [2.05, 4.69) is 15.5 Å². The Labute approximate surface area is 165 Å². The molecule has 1 saturated carbocycles. The second kappa shape index (κ2) is 10.3. The van der Waals surface area contributed by atoms with Crippen LogP contribution in [-0.2, 0) is 11.2 Å². The van der Waals surface area contributed by atoms with Crippen LogP contribution in [0.3, 0.4) is 0 Å². The Morgan fingerprint density at radius 2 is 2.11 bits per heavy atom. The van der Waals surface area contributed by atoms with Gasteiger partial charge in [-0.15, -0.1) is 12.4 Å². The molecule has 0 saturated heterocycles. The van der Waals surface area contributed by atoms with Crippen LogP contribution in [0.15, 0.2) is 28.8 Å². The van der Waals surface area contributed by atoms with Gasteiger partial charge in [-0.05, 0) is 56.0 Å². The molecule has 2 aromatic rings. The maximum Gasteiger partial charge on any atom is 0.226 e. The minimum absolute atomic E-state index is 0. The van der Waals surface area contributed by atoms with E-state index in [1.165, 1.54) is 0 Å². The first-order valence-electron chi connectivity index (χ1n) is 9.16. The van der Waals surface area contributed by atoms with Crippen molar-refractivity contribution in [2.45, 2.75) is 44.6 Å². The maximum atomic E-state index is 12.1. The molecule has 27 heavy (non-hydrogen) atoms. The van der Waals surface area contributed by atoms with Gasteiger partial charge in [0.05, 0.1) is 7.11 Å². The Balaban J connectivity index is 0.00000261. The van der Waals surface area contributed by atoms with Crippen LogP contribution in [0.2, 0.25) is 0 Å². The van der Waals surface area contributed by atoms with Crippen LogP contribution >= 0.6 is 12.4 Å². The van der Waals surface area contributed by atoms with Gasteiger partial charge in [-0.2, -0.15) is 4.98 Å². The highest BCUT2D eigenvalue weighted by Crippen LogP contribution is 2.24. The van der Waals surface area contributed by atoms with Gasteiger partial charge in [0.15, 0.2) is 0 Å². The first-order valence-corrected chi connectivity index (χ1v) is 9.16. The van der Waals surface area contributed by atoms with Crippen LogP contribution in [0.25, 0.3) is 11.4 Å². The van der Waals surface area contributed by atoms with E-state index >= 15 is 0 Å². The molecule has 1 amide bonds. The summed E-state index contributed by atoms with van der Waals surface area (Å²) < 4.78 is 10.4. The molecule has 8 heteroatoms. The van der Waals surface area contributed by atoms with Gasteiger partial charge in [0, 0.05) is 24.4 Å². The van der Waals surface area contributed by atoms with E-state index < -0.39 is 0 Å². The molecular formula is C19H27ClN4O3. The van der Waals surface area contributed by atoms with Crippen molar-refractivity contribution in [1.29, 1.82) is 0 Å². The molecule has 0 bridgehead atoms. The van der Waals surface area contributed by atoms with Crippen molar-refractivity contribution in [2.24, 2.45) is 11.7 Å². The molecule has 1 heterocycles. The first-order chi connectivity index (χ1) is 12.7. The zero-order valence-electron chi connectivity index (χ0n) is 15.5. The van der Waals surface area contributed by atoms with Gasteiger partial charge >= 0.3 is 0 Å². The molecule has 2 unspecified atom stereocenters. The molecule has 0 radical (unpaired) electrons. The third kappa shape index (κ3) is 5.68. The minimum atomic E-state index is 0. The number of nitrogens with two attached hydrogens (primary N) is 1. The number of hydrogen-bond acceptors (Lipinski definition) is 6. The van der Waals surface area contributed by atoms with E-state index in [-0.39, 0.29) is 24.4 Å². The fourth-order valence-corrected chi connectivity index (χ4v) is 3.40. The van der Waals surface area contributed by atoms with Gasteiger partial charge < -0.3 is 20.3 Å². The number of halogens is 1. The van der Waals surface area contributed by atoms with Gasteiger partial charge in [0.2, 0.25) is 17.6 Å². The number of aromatic nitrogens is 2. The number of aryl methyl sites for hydroxylation is 1. The van der Waals surface area contributed by atoms with Crippen molar-refractivity contribution in [3.8, 4) is 17.1 Å². The molecule has 3 rings (SSSR count). The molecule has 3 N–H and O–H groups in total. The van der Waals surface area contributed by atoms with Gasteiger partial charge in [0.1, 0.15) is 5.75 Å². The van der Waals surface area contributed by atoms with Crippen molar-refractivity contribution in [1.82, 2.24) is 15.5 Å². The highest BCUT2D eigenvalue weighted by atomic mass is 35.5. The average Bonchev–Trinajstić information content (AvgIpc) is 3.31. The predicted octanol–water partition coefficient (Wildman–Crippen LogP) is 2.73. The van der Waals surface area contributed by atoms with E-state index in [9.17, 15) is 4.79 Å². The lowest BCUT2D eigenvalue weighted by molar-refractivity contribution is -0.122. The zero-order valence-corrected chi connectivity index (χ0v) is 16.3. The summed E-state index contributed by atoms with van der Waals surface area (Å²) >= 11 is 0. The summed E-state index contributed by atoms with van der Waals surface area (Å²) in [5.41, 5.74) is 6.62. The second-order valence-corrected chi connectivity index (χ2v) is 6.69. The molecule has 0 spiro atoms. The van der Waals surface area contributed by atoms with Crippen molar-refractivity contribution >= 4 is 18.3 Å². The van der Waals surface area contributed by atoms with Gasteiger partial charge in [-0.3, -0.25) is 4.79 Å². The maximum absolute atomic E-state index is 12.1. The topological polar surface area (TPSA) is 103 Å². The number of methoxy groups -OCH3 is 1. The zero-order chi connectivity index (χ0) is 18.4. The highest BCUT2D eigenvalue weighted by Gasteiger charge is 2.27. The van der Waals surface area contributed by atoms with Crippen molar-refractivity contribution < 1.29 is 14.1 Å². The average molecular weight is 395 g/mol. The molecule has 1 fully saturated rings. The predicted molar refractivity (Wildman–Crippen MR) is 105 cm³/mol. The third-order valence-electron chi connectivity index (χ3n) is 4.92. The summed E-state index contributed by atoms with van der Waals surface area (Å²) in [6, 6.07) is 7.71. The second-order valence-electron chi connectivity index (χ2n) is 6.69. The number of ether oxygens (including phenoxy) is 1. The number of hydrogen-bond donors (Lipinski definition) is 2. The number of carbonyl (C=O) groups is 1. The quantitative estimate of drug-likeness (QED) is 0.713. The third-order valence-corrected chi connectivity index (χ3v) is 4.92. The van der Waals surface area contributed by atoms with E-state index in [1.807, 2.05) is 24.3 Å². The van der Waals surface area contributed by atoms with Crippen LogP contribution in [0, 0.1) is 5.92 Å². The molecule has 148 valence electrons. The lowest BCUT2D eigenvalue weighted by Gasteiger charge is -2.19. The fraction of sp³-hybridized carbons (Fsp3) is 0.526. The minimum Gasteiger partial charge on any atom is -0.497 e. The molecule has 1 aromatic carbocycles. The Bertz CT molecular complexity index is 720. The van der Waals surface area contributed by atoms with Crippen LogP contribution < -0.4 is 15.8 Å². The summed E-state index contributed by atoms with van der Waals surface area (Å²) in [5.74, 6) is 2.36. The van der Waals surface area contributed by atoms with Crippen LogP contribution in [0.4, 0.5) is 0 Å². The fourth-order valence-electron chi connectivity index (χ4n) is 3.40. The summed E-state index contributed by atoms with van der Waals surface area (Å²) in [7, 11) is 1.63. The van der Waals surface area contributed by atoms with Crippen molar-refractivity contribution in [3.05, 3.63) is 30.2 Å². The number of nitrogens with zero attached hydrogens (tertiary/aromatic N) is 2. The van der Waals surface area contributed by atoms with Crippen LogP contribution in [0.5, 0.6) is 5.75 Å². The van der Waals surface area contributed by atoms with E-state index in [0.29, 0.717) is 43.4 Å². The van der Waals surface area contributed by atoms with E-state index in [1.54, 1.807) is 7.11 Å². The van der Waals surface area contributed by atoms with Gasteiger partial charge in [0.25, 0.3) is 0 Å². The number of nitrogens with one attached hydrogen (secondary N) is 1. The molecule has 0 aliphatic heterocycles. The molecule has 7 nitrogen and oxygen atoms in total. The molecule has 1 aromatic heterocycles. The van der Waals surface area contributed by atoms with Crippen LogP contribution in [0.1, 0.15) is 38.0 Å². The van der Waals surface area contributed by atoms with Gasteiger partial charge in [-0.25, -0.2) is 0 Å². The summed E-state index contributed by atoms with van der Waals surface area (Å²) in [6.45, 7) is 0.640. The van der Waals surface area contributed by atoms with Crippen LogP contribution in [-0.4, -0.2) is 35.7 Å². The first kappa shape index (κ1) is 21.2. The summed E-state index contributed by atoms with van der Waals surface area (Å²) in [4.78, 5) is 16.5. The Hall–Kier alpha value is -2.12.